The molecule has 0 atom stereocenters. The van der Waals surface area contributed by atoms with Crippen LogP contribution in [0.5, 0.6) is 11.5 Å². The summed E-state index contributed by atoms with van der Waals surface area (Å²) in [6.45, 7) is 0.268. The second kappa shape index (κ2) is 10.3. The van der Waals surface area contributed by atoms with Crippen molar-refractivity contribution in [2.24, 2.45) is 0 Å². The van der Waals surface area contributed by atoms with E-state index in [1.54, 1.807) is 55.7 Å². The molecule has 33 heavy (non-hydrogen) atoms. The van der Waals surface area contributed by atoms with Crippen molar-refractivity contribution in [2.45, 2.75) is 6.61 Å². The number of thiocarbonyl (C=S) groups is 1. The number of benzene rings is 3. The third-order valence-corrected chi connectivity index (χ3v) is 7.28. The number of carbonyl (C=O) groups excluding carboxylic acids is 1. The lowest BCUT2D eigenvalue weighted by atomic mass is 10.1. The predicted molar refractivity (Wildman–Crippen MR) is 139 cm³/mol. The average Bonchev–Trinajstić information content (AvgIpc) is 3.08. The van der Waals surface area contributed by atoms with E-state index >= 15 is 0 Å². The topological polar surface area (TPSA) is 38.8 Å². The summed E-state index contributed by atoms with van der Waals surface area (Å²) in [5, 5.41) is 0.492. The molecule has 0 unspecified atom stereocenters. The van der Waals surface area contributed by atoms with Crippen molar-refractivity contribution in [3.63, 3.8) is 0 Å². The minimum atomic E-state index is -0.297. The van der Waals surface area contributed by atoms with Gasteiger partial charge >= 0.3 is 0 Å². The van der Waals surface area contributed by atoms with Crippen LogP contribution >= 0.6 is 51.5 Å². The summed E-state index contributed by atoms with van der Waals surface area (Å²) in [5.74, 6) is 0.533. The molecule has 0 bridgehead atoms. The second-order valence-electron chi connectivity index (χ2n) is 6.94. The lowest BCUT2D eigenvalue weighted by Gasteiger charge is -2.15. The highest BCUT2D eigenvalue weighted by Crippen LogP contribution is 2.39. The molecule has 4 rings (SSSR count). The van der Waals surface area contributed by atoms with Crippen LogP contribution in [0.2, 0.25) is 5.02 Å². The molecular formula is C24H16BrClFNO3S2. The summed E-state index contributed by atoms with van der Waals surface area (Å²) in [5.41, 5.74) is 2.20. The number of ether oxygens (including phenoxy) is 2. The monoisotopic (exact) mass is 563 g/mol. The Morgan fingerprint density at radius 2 is 1.88 bits per heavy atom. The van der Waals surface area contributed by atoms with Gasteiger partial charge in [-0.2, -0.15) is 0 Å². The number of carbonyl (C=O) groups is 1. The number of thioether (sulfide) groups is 1. The van der Waals surface area contributed by atoms with Gasteiger partial charge in [0.05, 0.1) is 22.7 Å². The van der Waals surface area contributed by atoms with Crippen molar-refractivity contribution in [3.05, 3.63) is 92.0 Å². The van der Waals surface area contributed by atoms with E-state index in [4.69, 9.17) is 33.3 Å². The van der Waals surface area contributed by atoms with Crippen LogP contribution in [-0.4, -0.2) is 17.3 Å². The van der Waals surface area contributed by atoms with E-state index in [1.165, 1.54) is 28.8 Å². The highest BCUT2D eigenvalue weighted by molar-refractivity contribution is 9.10. The first-order chi connectivity index (χ1) is 15.9. The number of hydrogen-bond acceptors (Lipinski definition) is 5. The van der Waals surface area contributed by atoms with Gasteiger partial charge in [-0.05, 0) is 75.6 Å². The second-order valence-corrected chi connectivity index (χ2v) is 9.88. The van der Waals surface area contributed by atoms with Gasteiger partial charge in [-0.1, -0.05) is 53.8 Å². The third kappa shape index (κ3) is 5.41. The number of amides is 1. The van der Waals surface area contributed by atoms with E-state index in [2.05, 4.69) is 15.9 Å². The van der Waals surface area contributed by atoms with Gasteiger partial charge in [-0.15, -0.1) is 0 Å². The van der Waals surface area contributed by atoms with Crippen LogP contribution in [0.3, 0.4) is 0 Å². The molecule has 0 aliphatic carbocycles. The molecular weight excluding hydrogens is 549 g/mol. The molecule has 4 nitrogen and oxygen atoms in total. The molecule has 1 aliphatic rings. The third-order valence-electron chi connectivity index (χ3n) is 4.75. The zero-order valence-corrected chi connectivity index (χ0v) is 21.2. The van der Waals surface area contributed by atoms with E-state index in [1.807, 2.05) is 6.07 Å². The maximum absolute atomic E-state index is 13.1. The van der Waals surface area contributed by atoms with Crippen LogP contribution in [0.4, 0.5) is 10.1 Å². The summed E-state index contributed by atoms with van der Waals surface area (Å²) in [7, 11) is 1.54. The molecule has 1 amide bonds. The maximum Gasteiger partial charge on any atom is 0.270 e. The van der Waals surface area contributed by atoms with Crippen molar-refractivity contribution in [1.29, 1.82) is 0 Å². The quantitative estimate of drug-likeness (QED) is 0.233. The standard InChI is InChI=1S/C24H16BrClFNO3S2/c1-30-21-10-15(4-9-20(21)31-13-14-2-5-16(27)6-3-14)11-22-23(29)28(24(32)33-22)17-7-8-18(25)19(26)12-17/h2-12H,13H2,1H3/b22-11-. The van der Waals surface area contributed by atoms with Gasteiger partial charge < -0.3 is 9.47 Å². The fourth-order valence-electron chi connectivity index (χ4n) is 3.10. The molecule has 0 saturated carbocycles. The lowest BCUT2D eigenvalue weighted by molar-refractivity contribution is -0.113. The van der Waals surface area contributed by atoms with Gasteiger partial charge in [0.2, 0.25) is 0 Å². The van der Waals surface area contributed by atoms with Crippen molar-refractivity contribution >= 4 is 73.5 Å². The van der Waals surface area contributed by atoms with E-state index in [0.29, 0.717) is 31.4 Å². The molecule has 0 aromatic heterocycles. The first-order valence-corrected chi connectivity index (χ1v) is 12.0. The first-order valence-electron chi connectivity index (χ1n) is 9.64. The Balaban J connectivity index is 1.53. The van der Waals surface area contributed by atoms with Gasteiger partial charge in [-0.3, -0.25) is 9.69 Å². The number of nitrogens with zero attached hydrogens (tertiary/aromatic N) is 1. The zero-order chi connectivity index (χ0) is 23.5. The van der Waals surface area contributed by atoms with Crippen LogP contribution in [0.15, 0.2) is 70.0 Å². The minimum absolute atomic E-state index is 0.223. The summed E-state index contributed by atoms with van der Waals surface area (Å²) in [4.78, 5) is 15.0. The van der Waals surface area contributed by atoms with Crippen LogP contribution in [0.1, 0.15) is 11.1 Å². The van der Waals surface area contributed by atoms with Gasteiger partial charge in [0.25, 0.3) is 5.91 Å². The number of halogens is 3. The van der Waals surface area contributed by atoms with Crippen molar-refractivity contribution in [2.75, 3.05) is 12.0 Å². The highest BCUT2D eigenvalue weighted by atomic mass is 79.9. The summed E-state index contributed by atoms with van der Waals surface area (Å²) >= 11 is 16.2. The van der Waals surface area contributed by atoms with Crippen molar-refractivity contribution in [1.82, 2.24) is 0 Å². The number of hydrogen-bond donors (Lipinski definition) is 0. The Kier molecular flexibility index (Phi) is 7.38. The Bertz CT molecular complexity index is 1270. The zero-order valence-electron chi connectivity index (χ0n) is 17.2. The molecule has 1 saturated heterocycles. The number of rotatable bonds is 6. The fourth-order valence-corrected chi connectivity index (χ4v) is 4.82. The molecule has 3 aromatic carbocycles. The van der Waals surface area contributed by atoms with Crippen LogP contribution in [0, 0.1) is 5.82 Å². The lowest BCUT2D eigenvalue weighted by Crippen LogP contribution is -2.27. The maximum atomic E-state index is 13.1. The van der Waals surface area contributed by atoms with E-state index in [9.17, 15) is 9.18 Å². The highest BCUT2D eigenvalue weighted by Gasteiger charge is 2.33. The molecule has 1 aliphatic heterocycles. The average molecular weight is 565 g/mol. The van der Waals surface area contributed by atoms with Crippen LogP contribution in [-0.2, 0) is 11.4 Å². The van der Waals surface area contributed by atoms with Gasteiger partial charge in [0, 0.05) is 4.47 Å². The van der Waals surface area contributed by atoms with Crippen LogP contribution in [0.25, 0.3) is 6.08 Å². The normalized spacial score (nSPS) is 14.8. The molecule has 0 radical (unpaired) electrons. The predicted octanol–water partition coefficient (Wildman–Crippen LogP) is 7.24. The smallest absolute Gasteiger partial charge is 0.270 e. The van der Waals surface area contributed by atoms with E-state index in [-0.39, 0.29) is 18.3 Å². The largest absolute Gasteiger partial charge is 0.493 e. The van der Waals surface area contributed by atoms with E-state index < -0.39 is 0 Å². The number of anilines is 1. The Hall–Kier alpha value is -2.39. The SMILES string of the molecule is COc1cc(/C=C2\SC(=S)N(c3ccc(Br)c(Cl)c3)C2=O)ccc1OCc1ccc(F)cc1. The minimum Gasteiger partial charge on any atom is -0.493 e. The molecule has 0 N–H and O–H groups in total. The van der Waals surface area contributed by atoms with E-state index in [0.717, 1.165) is 15.6 Å². The molecule has 1 heterocycles. The Morgan fingerprint density at radius 3 is 2.58 bits per heavy atom. The molecule has 1 fully saturated rings. The summed E-state index contributed by atoms with van der Waals surface area (Å²) < 4.78 is 25.5. The van der Waals surface area contributed by atoms with Gasteiger partial charge in [0.15, 0.2) is 15.8 Å². The molecule has 9 heteroatoms. The van der Waals surface area contributed by atoms with Gasteiger partial charge in [-0.25, -0.2) is 4.39 Å². The molecule has 168 valence electrons. The fraction of sp³-hybridized carbons (Fsp3) is 0.0833. The first kappa shape index (κ1) is 23.8. The summed E-state index contributed by atoms with van der Waals surface area (Å²) in [6.07, 6.45) is 1.76. The molecule has 0 spiro atoms. The Morgan fingerprint density at radius 1 is 1.12 bits per heavy atom. The Labute approximate surface area is 213 Å². The molecule has 3 aromatic rings. The number of methoxy groups -OCH3 is 1. The van der Waals surface area contributed by atoms with Gasteiger partial charge in [0.1, 0.15) is 12.4 Å². The van der Waals surface area contributed by atoms with Crippen molar-refractivity contribution in [3.8, 4) is 11.5 Å². The van der Waals surface area contributed by atoms with Crippen molar-refractivity contribution < 1.29 is 18.7 Å². The summed E-state index contributed by atoms with van der Waals surface area (Å²) in [6, 6.07) is 16.7. The van der Waals surface area contributed by atoms with Crippen LogP contribution < -0.4 is 14.4 Å².